The van der Waals surface area contributed by atoms with E-state index in [1.165, 1.54) is 33.5 Å². The molecule has 3 rings (SSSR count). The molecule has 1 atom stereocenters. The molecular weight excluding hydrogens is 509 g/mol. The van der Waals surface area contributed by atoms with E-state index in [1.807, 2.05) is 12.1 Å². The molecular formula is C27H30ClF3N2O4. The quantitative estimate of drug-likeness (QED) is 0.359. The van der Waals surface area contributed by atoms with Crippen LogP contribution in [0.1, 0.15) is 22.7 Å². The highest BCUT2D eigenvalue weighted by Crippen LogP contribution is 2.34. The Hall–Kier alpha value is -3.43. The summed E-state index contributed by atoms with van der Waals surface area (Å²) >= 11 is 0. The molecule has 0 aliphatic carbocycles. The van der Waals surface area contributed by atoms with E-state index >= 15 is 0 Å². The number of carbonyl (C=O) groups is 1. The third kappa shape index (κ3) is 7.08. The second kappa shape index (κ2) is 13.2. The molecule has 1 unspecified atom stereocenters. The van der Waals surface area contributed by atoms with Gasteiger partial charge in [-0.15, -0.1) is 12.4 Å². The van der Waals surface area contributed by atoms with Crippen LogP contribution in [0, 0.1) is 0 Å². The second-order valence-corrected chi connectivity index (χ2v) is 7.94. The molecule has 1 amide bonds. The van der Waals surface area contributed by atoms with Gasteiger partial charge in [0, 0.05) is 23.9 Å². The van der Waals surface area contributed by atoms with E-state index in [4.69, 9.17) is 14.2 Å². The minimum Gasteiger partial charge on any atom is -0.496 e. The van der Waals surface area contributed by atoms with E-state index < -0.39 is 17.8 Å². The number of rotatable bonds is 10. The molecule has 0 radical (unpaired) electrons. The maximum Gasteiger partial charge on any atom is 0.416 e. The number of hydrogen-bond donors (Lipinski definition) is 1. The molecule has 0 saturated heterocycles. The van der Waals surface area contributed by atoms with Crippen molar-refractivity contribution in [3.05, 3.63) is 83.4 Å². The van der Waals surface area contributed by atoms with Crippen molar-refractivity contribution in [3.8, 4) is 17.2 Å². The summed E-state index contributed by atoms with van der Waals surface area (Å²) in [5.41, 5.74) is 1.16. The molecule has 37 heavy (non-hydrogen) atoms. The summed E-state index contributed by atoms with van der Waals surface area (Å²) in [6.07, 6.45) is -4.07. The van der Waals surface area contributed by atoms with Crippen LogP contribution in [0.5, 0.6) is 17.2 Å². The van der Waals surface area contributed by atoms with Gasteiger partial charge in [0.1, 0.15) is 11.8 Å². The number of benzene rings is 3. The molecule has 0 aromatic heterocycles. The molecule has 0 aliphatic heterocycles. The van der Waals surface area contributed by atoms with E-state index in [0.717, 1.165) is 12.1 Å². The van der Waals surface area contributed by atoms with Gasteiger partial charge in [0.15, 0.2) is 11.5 Å². The van der Waals surface area contributed by atoms with Gasteiger partial charge < -0.3 is 24.4 Å². The number of amides is 1. The van der Waals surface area contributed by atoms with Gasteiger partial charge in [0.25, 0.3) is 0 Å². The van der Waals surface area contributed by atoms with Crippen LogP contribution >= 0.6 is 12.4 Å². The Bertz CT molecular complexity index is 1170. The Morgan fingerprint density at radius 1 is 0.892 bits per heavy atom. The Morgan fingerprint density at radius 3 is 2.08 bits per heavy atom. The summed E-state index contributed by atoms with van der Waals surface area (Å²) < 4.78 is 55.1. The molecule has 10 heteroatoms. The first kappa shape index (κ1) is 29.8. The van der Waals surface area contributed by atoms with Gasteiger partial charge in [-0.25, -0.2) is 0 Å². The molecule has 3 aromatic carbocycles. The number of likely N-dealkylation sites (N-methyl/N-ethyl adjacent to an activating group) is 1. The van der Waals surface area contributed by atoms with Crippen molar-refractivity contribution in [2.24, 2.45) is 0 Å². The first-order chi connectivity index (χ1) is 17.2. The minimum atomic E-state index is -4.41. The van der Waals surface area contributed by atoms with Crippen LogP contribution in [0.15, 0.2) is 66.7 Å². The smallest absolute Gasteiger partial charge is 0.416 e. The lowest BCUT2D eigenvalue weighted by molar-refractivity contribution is -0.137. The average Bonchev–Trinajstić information content (AvgIpc) is 2.89. The van der Waals surface area contributed by atoms with Gasteiger partial charge in [0.05, 0.1) is 26.9 Å². The normalized spacial score (nSPS) is 11.8. The van der Waals surface area contributed by atoms with E-state index in [-0.39, 0.29) is 24.9 Å². The number of carbonyl (C=O) groups excluding carboxylic acids is 1. The summed E-state index contributed by atoms with van der Waals surface area (Å²) in [5.74, 6) is 1.24. The van der Waals surface area contributed by atoms with Gasteiger partial charge in [-0.05, 0) is 49.4 Å². The van der Waals surface area contributed by atoms with Crippen LogP contribution in [0.2, 0.25) is 0 Å². The number of ether oxygens (including phenoxy) is 3. The topological polar surface area (TPSA) is 60.0 Å². The minimum absolute atomic E-state index is 0. The second-order valence-electron chi connectivity index (χ2n) is 7.94. The van der Waals surface area contributed by atoms with Gasteiger partial charge in [-0.3, -0.25) is 4.79 Å². The lowest BCUT2D eigenvalue weighted by Gasteiger charge is -2.29. The maximum absolute atomic E-state index is 13.9. The van der Waals surface area contributed by atoms with Crippen LogP contribution < -0.4 is 24.4 Å². The van der Waals surface area contributed by atoms with Crippen molar-refractivity contribution in [1.82, 2.24) is 5.32 Å². The lowest BCUT2D eigenvalue weighted by atomic mass is 10.0. The van der Waals surface area contributed by atoms with Crippen molar-refractivity contribution >= 4 is 24.0 Å². The van der Waals surface area contributed by atoms with Crippen LogP contribution in [0.25, 0.3) is 0 Å². The molecule has 0 bridgehead atoms. The SMILES string of the molecule is CNC(C(=O)N(CCc1ccc(C(F)(F)F)cc1)c1ccc(OC)c(OC)c1)c1ccccc1OC.Cl. The number of para-hydroxylation sites is 1. The molecule has 0 fully saturated rings. The predicted octanol–water partition coefficient (Wildman–Crippen LogP) is 5.69. The molecule has 0 heterocycles. The number of hydrogen-bond acceptors (Lipinski definition) is 5. The van der Waals surface area contributed by atoms with Crippen molar-refractivity contribution in [2.75, 3.05) is 39.8 Å². The van der Waals surface area contributed by atoms with E-state index in [9.17, 15) is 18.0 Å². The van der Waals surface area contributed by atoms with Gasteiger partial charge in [-0.2, -0.15) is 13.2 Å². The van der Waals surface area contributed by atoms with Crippen LogP contribution in [0.3, 0.4) is 0 Å². The molecule has 6 nitrogen and oxygen atoms in total. The van der Waals surface area contributed by atoms with Crippen molar-refractivity contribution in [3.63, 3.8) is 0 Å². The van der Waals surface area contributed by atoms with Crippen molar-refractivity contribution in [2.45, 2.75) is 18.6 Å². The third-order valence-electron chi connectivity index (χ3n) is 5.84. The fourth-order valence-corrected chi connectivity index (χ4v) is 3.93. The standard InChI is InChI=1S/C27H29F3N2O4.ClH/c1-31-25(21-7-5-6-8-22(21)34-2)26(33)32(20-13-14-23(35-3)24(17-20)36-4)16-15-18-9-11-19(12-10-18)27(28,29)30;/h5-14,17,25,31H,15-16H2,1-4H3;1H. The first-order valence-electron chi connectivity index (χ1n) is 11.2. The van der Waals surface area contributed by atoms with E-state index in [0.29, 0.717) is 40.5 Å². The number of nitrogens with one attached hydrogen (secondary N) is 1. The van der Waals surface area contributed by atoms with Crippen LogP contribution in [0.4, 0.5) is 18.9 Å². The zero-order valence-corrected chi connectivity index (χ0v) is 21.8. The molecule has 1 N–H and O–H groups in total. The number of alkyl halides is 3. The lowest BCUT2D eigenvalue weighted by Crippen LogP contribution is -2.41. The summed E-state index contributed by atoms with van der Waals surface area (Å²) in [5, 5.41) is 3.06. The fourth-order valence-electron chi connectivity index (χ4n) is 3.93. The Balaban J connectivity index is 0.00000481. The Labute approximate surface area is 220 Å². The first-order valence-corrected chi connectivity index (χ1v) is 11.2. The number of methoxy groups -OCH3 is 3. The van der Waals surface area contributed by atoms with Gasteiger partial charge in [-0.1, -0.05) is 30.3 Å². The third-order valence-corrected chi connectivity index (χ3v) is 5.84. The maximum atomic E-state index is 13.9. The van der Waals surface area contributed by atoms with E-state index in [1.54, 1.807) is 42.3 Å². The summed E-state index contributed by atoms with van der Waals surface area (Å²) in [6, 6.07) is 16.5. The molecule has 0 spiro atoms. The summed E-state index contributed by atoms with van der Waals surface area (Å²) in [7, 11) is 6.23. The molecule has 0 aliphatic rings. The molecule has 200 valence electrons. The zero-order chi connectivity index (χ0) is 26.3. The Morgan fingerprint density at radius 2 is 1.51 bits per heavy atom. The summed E-state index contributed by atoms with van der Waals surface area (Å²) in [6.45, 7) is 0.215. The highest BCUT2D eigenvalue weighted by Gasteiger charge is 2.31. The highest BCUT2D eigenvalue weighted by atomic mass is 35.5. The summed E-state index contributed by atoms with van der Waals surface area (Å²) in [4.78, 5) is 15.5. The highest BCUT2D eigenvalue weighted by molar-refractivity contribution is 5.98. The average molecular weight is 539 g/mol. The number of nitrogens with zero attached hydrogens (tertiary/aromatic N) is 1. The number of halogens is 4. The van der Waals surface area contributed by atoms with Gasteiger partial charge >= 0.3 is 6.18 Å². The largest absolute Gasteiger partial charge is 0.496 e. The zero-order valence-electron chi connectivity index (χ0n) is 21.0. The van der Waals surface area contributed by atoms with Crippen molar-refractivity contribution < 1.29 is 32.2 Å². The molecule has 0 saturated carbocycles. The van der Waals surface area contributed by atoms with Crippen molar-refractivity contribution in [1.29, 1.82) is 0 Å². The number of anilines is 1. The Kier molecular flexibility index (Phi) is 10.6. The fraction of sp³-hybridized carbons (Fsp3) is 0.296. The van der Waals surface area contributed by atoms with E-state index in [2.05, 4.69) is 5.32 Å². The van der Waals surface area contributed by atoms with Crippen LogP contribution in [-0.4, -0.2) is 40.8 Å². The predicted molar refractivity (Wildman–Crippen MR) is 139 cm³/mol. The monoisotopic (exact) mass is 538 g/mol. The molecule has 3 aromatic rings. The van der Waals surface area contributed by atoms with Gasteiger partial charge in [0.2, 0.25) is 5.91 Å². The van der Waals surface area contributed by atoms with Crippen LogP contribution in [-0.2, 0) is 17.4 Å².